The maximum atomic E-state index is 12.8. The van der Waals surface area contributed by atoms with Crippen molar-refractivity contribution in [2.75, 3.05) is 0 Å². The molecular weight excluding hydrogens is 376 g/mol. The minimum atomic E-state index is -0.366. The third-order valence-corrected chi connectivity index (χ3v) is 7.65. The van der Waals surface area contributed by atoms with Crippen molar-refractivity contribution in [2.24, 2.45) is 11.8 Å². The standard InChI is InChI=1S/C26H36O4/c1-6-9-25(2,3)17-13-22(29)24-18-10-15(20(27)11-16-12-21(16)28)7-8-19(18)26(4,5)30-23(24)14-17/h7,13-14,16,18-19,21,28-29H,6,8-12H2,1-5H3/t16?,18-,19-,21-/m1/s1. The number of aliphatic hydroxyl groups excluding tert-OH is 1. The number of hydrogen-bond donors (Lipinski definition) is 2. The van der Waals surface area contributed by atoms with E-state index in [1.54, 1.807) is 0 Å². The number of carbonyl (C=O) groups excluding carboxylic acids is 1. The number of allylic oxidation sites excluding steroid dienone is 2. The molecule has 30 heavy (non-hydrogen) atoms. The average molecular weight is 413 g/mol. The van der Waals surface area contributed by atoms with Crippen LogP contribution in [0, 0.1) is 11.8 Å². The summed E-state index contributed by atoms with van der Waals surface area (Å²) in [6, 6.07) is 4.02. The lowest BCUT2D eigenvalue weighted by molar-refractivity contribution is -0.116. The fourth-order valence-corrected chi connectivity index (χ4v) is 5.60. The number of ether oxygens (including phenoxy) is 1. The Morgan fingerprint density at radius 3 is 2.63 bits per heavy atom. The van der Waals surface area contributed by atoms with E-state index in [9.17, 15) is 15.0 Å². The van der Waals surface area contributed by atoms with Gasteiger partial charge in [-0.2, -0.15) is 0 Å². The van der Waals surface area contributed by atoms with E-state index in [0.29, 0.717) is 18.6 Å². The summed E-state index contributed by atoms with van der Waals surface area (Å²) in [6.07, 6.45) is 6.47. The number of phenolic OH excluding ortho intramolecular Hbond substituents is 1. The minimum absolute atomic E-state index is 0.0374. The van der Waals surface area contributed by atoms with Gasteiger partial charge in [0.1, 0.15) is 17.1 Å². The van der Waals surface area contributed by atoms with Crippen LogP contribution in [-0.2, 0) is 10.2 Å². The number of phenols is 1. The Labute approximate surface area is 180 Å². The molecule has 0 radical (unpaired) electrons. The van der Waals surface area contributed by atoms with Crippen molar-refractivity contribution in [2.45, 2.75) is 96.2 Å². The zero-order chi connectivity index (χ0) is 21.8. The number of fused-ring (bicyclic) bond motifs is 3. The molecule has 1 aliphatic heterocycles. The smallest absolute Gasteiger partial charge is 0.158 e. The van der Waals surface area contributed by atoms with Crippen molar-refractivity contribution in [3.63, 3.8) is 0 Å². The van der Waals surface area contributed by atoms with Crippen LogP contribution in [0.3, 0.4) is 0 Å². The minimum Gasteiger partial charge on any atom is -0.508 e. The second-order valence-electron chi connectivity index (χ2n) is 10.8. The van der Waals surface area contributed by atoms with Crippen LogP contribution in [0.2, 0.25) is 0 Å². The molecule has 2 aliphatic carbocycles. The highest BCUT2D eigenvalue weighted by Crippen LogP contribution is 2.55. The average Bonchev–Trinajstić information content (AvgIpc) is 3.34. The van der Waals surface area contributed by atoms with Crippen molar-refractivity contribution in [1.82, 2.24) is 0 Å². The van der Waals surface area contributed by atoms with Gasteiger partial charge in [-0.1, -0.05) is 33.3 Å². The summed E-state index contributed by atoms with van der Waals surface area (Å²) >= 11 is 0. The number of aromatic hydroxyl groups is 1. The summed E-state index contributed by atoms with van der Waals surface area (Å²) in [5.74, 6) is 1.64. The first-order chi connectivity index (χ1) is 14.0. The van der Waals surface area contributed by atoms with E-state index in [4.69, 9.17) is 4.74 Å². The van der Waals surface area contributed by atoms with Gasteiger partial charge in [-0.25, -0.2) is 0 Å². The monoisotopic (exact) mass is 412 g/mol. The zero-order valence-electron chi connectivity index (χ0n) is 19.0. The number of rotatable bonds is 6. The van der Waals surface area contributed by atoms with E-state index < -0.39 is 0 Å². The van der Waals surface area contributed by atoms with Crippen molar-refractivity contribution < 1.29 is 19.7 Å². The molecule has 1 saturated carbocycles. The van der Waals surface area contributed by atoms with Gasteiger partial charge in [0.05, 0.1) is 6.10 Å². The maximum Gasteiger partial charge on any atom is 0.158 e. The van der Waals surface area contributed by atoms with Gasteiger partial charge in [0, 0.05) is 23.8 Å². The SMILES string of the molecule is CCCC(C)(C)c1cc(O)c2c(c1)OC(C)(C)[C@@H]1CC=C(C(=O)CC3C[C@H]3O)C[C@@H]21. The first-order valence-electron chi connectivity index (χ1n) is 11.5. The van der Waals surface area contributed by atoms with Gasteiger partial charge in [-0.15, -0.1) is 0 Å². The lowest BCUT2D eigenvalue weighted by Gasteiger charge is -2.47. The van der Waals surface area contributed by atoms with Gasteiger partial charge in [-0.05, 0) is 74.1 Å². The highest BCUT2D eigenvalue weighted by Gasteiger charge is 2.47. The van der Waals surface area contributed by atoms with Crippen LogP contribution in [0.5, 0.6) is 11.5 Å². The first kappa shape index (κ1) is 21.4. The summed E-state index contributed by atoms with van der Waals surface area (Å²) in [5.41, 5.74) is 2.41. The molecule has 4 heteroatoms. The molecule has 0 bridgehead atoms. The Bertz CT molecular complexity index is 879. The predicted molar refractivity (Wildman–Crippen MR) is 118 cm³/mol. The molecule has 0 spiro atoms. The first-order valence-corrected chi connectivity index (χ1v) is 11.5. The van der Waals surface area contributed by atoms with Crippen LogP contribution in [0.1, 0.15) is 90.2 Å². The third-order valence-electron chi connectivity index (χ3n) is 7.65. The summed E-state index contributed by atoms with van der Waals surface area (Å²) < 4.78 is 6.46. The lowest BCUT2D eigenvalue weighted by atomic mass is 9.66. The Morgan fingerprint density at radius 2 is 2.00 bits per heavy atom. The fourth-order valence-electron chi connectivity index (χ4n) is 5.60. The topological polar surface area (TPSA) is 66.8 Å². The highest BCUT2D eigenvalue weighted by molar-refractivity contribution is 5.96. The van der Waals surface area contributed by atoms with Crippen LogP contribution in [0.15, 0.2) is 23.8 Å². The van der Waals surface area contributed by atoms with E-state index in [-0.39, 0.29) is 40.7 Å². The lowest BCUT2D eigenvalue weighted by Crippen LogP contribution is -2.46. The molecule has 0 amide bonds. The second kappa shape index (κ2) is 7.40. The van der Waals surface area contributed by atoms with E-state index in [1.165, 1.54) is 0 Å². The number of Topliss-reactive ketones (excluding diaryl/α,β-unsaturated/α-hetero) is 1. The molecule has 164 valence electrons. The molecule has 3 aliphatic rings. The molecular formula is C26H36O4. The summed E-state index contributed by atoms with van der Waals surface area (Å²) in [7, 11) is 0. The number of carbonyl (C=O) groups is 1. The molecule has 1 fully saturated rings. The molecule has 1 unspecified atom stereocenters. The van der Waals surface area contributed by atoms with E-state index in [1.807, 2.05) is 6.07 Å². The fraction of sp³-hybridized carbons (Fsp3) is 0.654. The summed E-state index contributed by atoms with van der Waals surface area (Å²) in [4.78, 5) is 12.8. The van der Waals surface area contributed by atoms with Gasteiger partial charge in [0.2, 0.25) is 0 Å². The number of hydrogen-bond acceptors (Lipinski definition) is 4. The summed E-state index contributed by atoms with van der Waals surface area (Å²) in [6.45, 7) is 10.8. The van der Waals surface area contributed by atoms with Crippen molar-refractivity contribution in [3.8, 4) is 11.5 Å². The number of benzene rings is 1. The van der Waals surface area contributed by atoms with Crippen LogP contribution >= 0.6 is 0 Å². The van der Waals surface area contributed by atoms with Gasteiger partial charge < -0.3 is 14.9 Å². The zero-order valence-corrected chi connectivity index (χ0v) is 19.0. The highest BCUT2D eigenvalue weighted by atomic mass is 16.5. The van der Waals surface area contributed by atoms with Crippen LogP contribution < -0.4 is 4.74 Å². The maximum absolute atomic E-state index is 12.8. The molecule has 1 aromatic rings. The van der Waals surface area contributed by atoms with Crippen molar-refractivity contribution >= 4 is 5.78 Å². The molecule has 4 nitrogen and oxygen atoms in total. The Balaban J connectivity index is 1.67. The molecule has 0 aromatic heterocycles. The van der Waals surface area contributed by atoms with Crippen molar-refractivity contribution in [3.05, 3.63) is 34.9 Å². The number of ketones is 1. The molecule has 2 N–H and O–H groups in total. The van der Waals surface area contributed by atoms with Gasteiger partial charge in [0.25, 0.3) is 0 Å². The third kappa shape index (κ3) is 3.79. The Kier molecular flexibility index (Phi) is 5.29. The van der Waals surface area contributed by atoms with E-state index >= 15 is 0 Å². The van der Waals surface area contributed by atoms with Gasteiger partial charge in [0.15, 0.2) is 5.78 Å². The normalized spacial score (nSPS) is 29.3. The second-order valence-corrected chi connectivity index (χ2v) is 10.8. The Hall–Kier alpha value is -1.81. The predicted octanol–water partition coefficient (Wildman–Crippen LogP) is 5.40. The molecule has 1 aromatic carbocycles. The molecule has 0 saturated heterocycles. The van der Waals surface area contributed by atoms with Gasteiger partial charge >= 0.3 is 0 Å². The van der Waals surface area contributed by atoms with Crippen LogP contribution in [0.4, 0.5) is 0 Å². The van der Waals surface area contributed by atoms with Gasteiger partial charge in [-0.3, -0.25) is 4.79 Å². The Morgan fingerprint density at radius 1 is 1.30 bits per heavy atom. The molecule has 1 heterocycles. The summed E-state index contributed by atoms with van der Waals surface area (Å²) in [5, 5.41) is 20.7. The largest absolute Gasteiger partial charge is 0.508 e. The van der Waals surface area contributed by atoms with Crippen LogP contribution in [0.25, 0.3) is 0 Å². The number of aliphatic hydroxyl groups is 1. The van der Waals surface area contributed by atoms with E-state index in [0.717, 1.165) is 48.1 Å². The quantitative estimate of drug-likeness (QED) is 0.656. The van der Waals surface area contributed by atoms with Crippen LogP contribution in [-0.4, -0.2) is 27.7 Å². The molecule has 4 rings (SSSR count). The van der Waals surface area contributed by atoms with Crippen molar-refractivity contribution in [1.29, 1.82) is 0 Å². The molecule has 4 atom stereocenters. The van der Waals surface area contributed by atoms with E-state index in [2.05, 4.69) is 46.8 Å².